The van der Waals surface area contributed by atoms with Crippen LogP contribution in [0.5, 0.6) is 0 Å². The van der Waals surface area contributed by atoms with E-state index in [-0.39, 0.29) is 34.8 Å². The summed E-state index contributed by atoms with van der Waals surface area (Å²) in [6, 6.07) is 1.70. The second-order valence-corrected chi connectivity index (χ2v) is 8.87. The Balaban J connectivity index is 1.84. The van der Waals surface area contributed by atoms with Gasteiger partial charge in [0.2, 0.25) is 15.9 Å². The monoisotopic (exact) mass is 364 g/mol. The van der Waals surface area contributed by atoms with Gasteiger partial charge in [0.1, 0.15) is 10.4 Å². The molecular weight excluding hydrogens is 344 g/mol. The third kappa shape index (κ3) is 2.36. The van der Waals surface area contributed by atoms with Crippen LogP contribution in [0, 0.1) is 19.8 Å². The van der Waals surface area contributed by atoms with Gasteiger partial charge in [0.15, 0.2) is 5.52 Å². The molecule has 9 heteroatoms. The fourth-order valence-electron chi connectivity index (χ4n) is 4.01. The van der Waals surface area contributed by atoms with Crippen LogP contribution in [0.15, 0.2) is 15.6 Å². The Kier molecular flexibility index (Phi) is 3.62. The van der Waals surface area contributed by atoms with Crippen LogP contribution in [0.25, 0.3) is 11.0 Å². The third-order valence-corrected chi connectivity index (χ3v) is 7.41. The minimum atomic E-state index is -3.81. The van der Waals surface area contributed by atoms with Gasteiger partial charge in [-0.15, -0.1) is 0 Å². The van der Waals surface area contributed by atoms with E-state index in [4.69, 9.17) is 4.63 Å². The predicted molar refractivity (Wildman–Crippen MR) is 89.3 cm³/mol. The largest absolute Gasteiger partial charge is 0.341 e. The number of piperidine rings is 1. The number of likely N-dealkylation sites (N-methyl/N-ethyl adjacent to an activating group) is 1. The maximum Gasteiger partial charge on any atom is 0.245 e. The molecule has 0 saturated carbocycles. The zero-order valence-electron chi connectivity index (χ0n) is 14.4. The summed E-state index contributed by atoms with van der Waals surface area (Å²) in [5.74, 6) is -0.252. The molecule has 3 aliphatic heterocycles. The Morgan fingerprint density at radius 1 is 1.12 bits per heavy atom. The molecule has 0 spiro atoms. The lowest BCUT2D eigenvalue weighted by Crippen LogP contribution is -2.45. The number of nitrogens with zero attached hydrogens (tertiary/aromatic N) is 4. The van der Waals surface area contributed by atoms with E-state index in [2.05, 4.69) is 10.3 Å². The van der Waals surface area contributed by atoms with Crippen molar-refractivity contribution in [1.29, 1.82) is 0 Å². The average Bonchev–Trinajstić information content (AvgIpc) is 2.86. The summed E-state index contributed by atoms with van der Waals surface area (Å²) >= 11 is 0. The van der Waals surface area contributed by atoms with Crippen LogP contribution in [0.4, 0.5) is 0 Å². The van der Waals surface area contributed by atoms with Crippen molar-refractivity contribution in [2.45, 2.75) is 37.6 Å². The van der Waals surface area contributed by atoms with Gasteiger partial charge < -0.3 is 4.90 Å². The van der Waals surface area contributed by atoms with Crippen molar-refractivity contribution in [3.05, 3.63) is 17.2 Å². The molecule has 5 rings (SSSR count). The predicted octanol–water partition coefficient (Wildman–Crippen LogP) is 1.08. The van der Waals surface area contributed by atoms with Gasteiger partial charge in [0, 0.05) is 26.2 Å². The Morgan fingerprint density at radius 2 is 1.84 bits per heavy atom. The minimum Gasteiger partial charge on any atom is -0.341 e. The van der Waals surface area contributed by atoms with Crippen LogP contribution < -0.4 is 0 Å². The van der Waals surface area contributed by atoms with Gasteiger partial charge in [-0.05, 0) is 48.1 Å². The number of aryl methyl sites for hydroxylation is 2. The lowest BCUT2D eigenvalue weighted by atomic mass is 9.95. The van der Waals surface area contributed by atoms with Gasteiger partial charge in [-0.1, -0.05) is 6.07 Å². The quantitative estimate of drug-likeness (QED) is 0.791. The van der Waals surface area contributed by atoms with Crippen LogP contribution in [-0.2, 0) is 14.8 Å². The lowest BCUT2D eigenvalue weighted by Gasteiger charge is -2.32. The molecule has 2 bridgehead atoms. The number of aromatic nitrogens is 2. The minimum absolute atomic E-state index is 0.0304. The standard InChI is InChI=1S/C16H20N4O4S/c1-9-6-10(2)15(14-13(9)17-24-18-14)25(22,23)20-7-11-4-5-12(8-20)19(3)16(11)21/h6,11-12H,4-5,7-8H2,1-3H3/t11-,12+/m0/s1. The molecule has 3 fully saturated rings. The molecule has 0 unspecified atom stereocenters. The molecule has 25 heavy (non-hydrogen) atoms. The number of fused-ring (bicyclic) bond motifs is 5. The smallest absolute Gasteiger partial charge is 0.245 e. The highest BCUT2D eigenvalue weighted by Crippen LogP contribution is 2.34. The van der Waals surface area contributed by atoms with E-state index in [9.17, 15) is 13.2 Å². The first-order valence-electron chi connectivity index (χ1n) is 8.30. The van der Waals surface area contributed by atoms with Gasteiger partial charge in [-0.3, -0.25) is 4.79 Å². The van der Waals surface area contributed by atoms with Crippen molar-refractivity contribution in [3.63, 3.8) is 0 Å². The van der Waals surface area contributed by atoms with Gasteiger partial charge in [-0.25, -0.2) is 13.0 Å². The first kappa shape index (κ1) is 16.5. The maximum absolute atomic E-state index is 13.4. The zero-order valence-corrected chi connectivity index (χ0v) is 15.2. The van der Waals surface area contributed by atoms with Crippen molar-refractivity contribution >= 4 is 27.0 Å². The van der Waals surface area contributed by atoms with E-state index >= 15 is 0 Å². The maximum atomic E-state index is 13.4. The first-order valence-corrected chi connectivity index (χ1v) is 9.74. The number of benzene rings is 1. The van der Waals surface area contributed by atoms with Crippen LogP contribution in [0.3, 0.4) is 0 Å². The van der Waals surface area contributed by atoms with E-state index in [1.165, 1.54) is 4.31 Å². The van der Waals surface area contributed by atoms with Crippen LogP contribution in [0.2, 0.25) is 0 Å². The first-order chi connectivity index (χ1) is 11.8. The number of carbonyl (C=O) groups is 1. The van der Waals surface area contributed by atoms with E-state index < -0.39 is 10.0 Å². The Labute approximate surface area is 145 Å². The normalized spacial score (nSPS) is 24.9. The molecule has 1 aromatic heterocycles. The summed E-state index contributed by atoms with van der Waals surface area (Å²) in [6.07, 6.45) is 1.56. The number of rotatable bonds is 2. The second-order valence-electron chi connectivity index (χ2n) is 7.00. The van der Waals surface area contributed by atoms with Gasteiger partial charge in [0.25, 0.3) is 0 Å². The molecule has 1 amide bonds. The molecule has 0 N–H and O–H groups in total. The van der Waals surface area contributed by atoms with Crippen LogP contribution in [-0.4, -0.2) is 60.0 Å². The molecule has 1 aromatic carbocycles. The molecule has 134 valence electrons. The summed E-state index contributed by atoms with van der Waals surface area (Å²) < 4.78 is 33.0. The average molecular weight is 364 g/mol. The second kappa shape index (κ2) is 5.50. The number of hydrogen-bond donors (Lipinski definition) is 0. The van der Waals surface area contributed by atoms with Crippen molar-refractivity contribution < 1.29 is 17.8 Å². The molecule has 0 aliphatic carbocycles. The molecular formula is C16H20N4O4S. The van der Waals surface area contributed by atoms with E-state index in [1.54, 1.807) is 24.9 Å². The highest BCUT2D eigenvalue weighted by molar-refractivity contribution is 7.89. The fourth-order valence-corrected chi connectivity index (χ4v) is 5.86. The molecule has 3 aliphatic rings. The molecule has 3 saturated heterocycles. The molecule has 4 heterocycles. The van der Waals surface area contributed by atoms with Crippen molar-refractivity contribution in [2.24, 2.45) is 5.92 Å². The molecule has 8 nitrogen and oxygen atoms in total. The fraction of sp³-hybridized carbons (Fsp3) is 0.562. The van der Waals surface area contributed by atoms with E-state index in [0.29, 0.717) is 17.6 Å². The van der Waals surface area contributed by atoms with Gasteiger partial charge >= 0.3 is 0 Å². The molecule has 0 radical (unpaired) electrons. The number of sulfonamides is 1. The number of carbonyl (C=O) groups excluding carboxylic acids is 1. The van der Waals surface area contributed by atoms with Crippen LogP contribution >= 0.6 is 0 Å². The number of amides is 1. The van der Waals surface area contributed by atoms with Gasteiger partial charge in [-0.2, -0.15) is 4.31 Å². The summed E-state index contributed by atoms with van der Waals surface area (Å²) in [4.78, 5) is 14.2. The molecule has 2 atom stereocenters. The van der Waals surface area contributed by atoms with Crippen molar-refractivity contribution in [1.82, 2.24) is 19.5 Å². The summed E-state index contributed by atoms with van der Waals surface area (Å²) in [7, 11) is -2.05. The Morgan fingerprint density at radius 3 is 2.60 bits per heavy atom. The topological polar surface area (TPSA) is 96.6 Å². The lowest BCUT2D eigenvalue weighted by molar-refractivity contribution is -0.138. The van der Waals surface area contributed by atoms with E-state index in [1.807, 2.05) is 6.92 Å². The highest BCUT2D eigenvalue weighted by Gasteiger charge is 2.43. The summed E-state index contributed by atoms with van der Waals surface area (Å²) in [6.45, 7) is 4.11. The van der Waals surface area contributed by atoms with Crippen molar-refractivity contribution in [3.8, 4) is 0 Å². The molecule has 2 aromatic rings. The van der Waals surface area contributed by atoms with Crippen molar-refractivity contribution in [2.75, 3.05) is 20.1 Å². The van der Waals surface area contributed by atoms with Gasteiger partial charge in [0.05, 0.1) is 5.92 Å². The summed E-state index contributed by atoms with van der Waals surface area (Å²) in [5, 5.41) is 7.67. The Bertz CT molecular complexity index is 968. The SMILES string of the molecule is Cc1cc(C)c2nonc2c1S(=O)(=O)N1C[C@@H]2CC[C@H](C1)N(C)C2=O. The van der Waals surface area contributed by atoms with E-state index in [0.717, 1.165) is 18.4 Å². The highest BCUT2D eigenvalue weighted by atomic mass is 32.2. The Hall–Kier alpha value is -2.00. The number of hydrogen-bond acceptors (Lipinski definition) is 6. The zero-order chi connectivity index (χ0) is 17.9. The van der Waals surface area contributed by atoms with Crippen LogP contribution in [0.1, 0.15) is 24.0 Å². The summed E-state index contributed by atoms with van der Waals surface area (Å²) in [5.41, 5.74) is 2.14. The third-order valence-electron chi connectivity index (χ3n) is 5.40.